The molecule has 0 unspecified atom stereocenters. The van der Waals surface area contributed by atoms with Gasteiger partial charge in [0.05, 0.1) is 17.9 Å². The van der Waals surface area contributed by atoms with Crippen molar-refractivity contribution in [3.8, 4) is 11.5 Å². The van der Waals surface area contributed by atoms with E-state index in [9.17, 15) is 4.79 Å². The van der Waals surface area contributed by atoms with Crippen LogP contribution in [0.3, 0.4) is 0 Å². The molecule has 2 heterocycles. The number of aromatic nitrogens is 2. The highest BCUT2D eigenvalue weighted by atomic mass is 16.5. The minimum atomic E-state index is -0.0779. The van der Waals surface area contributed by atoms with Gasteiger partial charge >= 0.3 is 0 Å². The van der Waals surface area contributed by atoms with Crippen LogP contribution in [0.4, 0.5) is 5.69 Å². The molecule has 5 heteroatoms. The summed E-state index contributed by atoms with van der Waals surface area (Å²) in [5.41, 5.74) is 3.23. The summed E-state index contributed by atoms with van der Waals surface area (Å²) in [6.07, 6.45) is 1.81. The zero-order valence-electron chi connectivity index (χ0n) is 15.9. The summed E-state index contributed by atoms with van der Waals surface area (Å²) >= 11 is 0. The number of pyridine rings is 1. The van der Waals surface area contributed by atoms with Crippen LogP contribution in [0, 0.1) is 6.92 Å². The van der Waals surface area contributed by atoms with Crippen molar-refractivity contribution in [2.24, 2.45) is 0 Å². The number of nitrogens with zero attached hydrogens (tertiary/aromatic N) is 3. The molecule has 28 heavy (non-hydrogen) atoms. The van der Waals surface area contributed by atoms with E-state index < -0.39 is 0 Å². The van der Waals surface area contributed by atoms with Crippen LogP contribution in [0.1, 0.15) is 11.3 Å². The van der Waals surface area contributed by atoms with Gasteiger partial charge in [-0.2, -0.15) is 0 Å². The summed E-state index contributed by atoms with van der Waals surface area (Å²) in [7, 11) is 1.96. The average Bonchev–Trinajstić information content (AvgIpc) is 2.70. The summed E-state index contributed by atoms with van der Waals surface area (Å²) in [6, 6.07) is 22.9. The second-order valence-corrected chi connectivity index (χ2v) is 6.76. The predicted octanol–water partition coefficient (Wildman–Crippen LogP) is 4.43. The number of rotatable bonds is 5. The molecule has 140 valence electrons. The number of hydrogen-bond acceptors (Lipinski definition) is 4. The van der Waals surface area contributed by atoms with Gasteiger partial charge in [-0.05, 0) is 42.8 Å². The lowest BCUT2D eigenvalue weighted by Gasteiger charge is -2.22. The van der Waals surface area contributed by atoms with Crippen LogP contribution in [-0.2, 0) is 6.54 Å². The SMILES string of the molecule is Cc1ccc2nc(CN(C)c3ccccc3Oc3ccccc3)cc(=O)n2c1. The Bertz CT molecular complexity index is 1170. The molecule has 4 rings (SSSR count). The van der Waals surface area contributed by atoms with Crippen LogP contribution < -0.4 is 15.2 Å². The van der Waals surface area contributed by atoms with Gasteiger partial charge in [-0.1, -0.05) is 36.4 Å². The molecular weight excluding hydrogens is 350 g/mol. The molecule has 0 bridgehead atoms. The third kappa shape index (κ3) is 3.74. The van der Waals surface area contributed by atoms with E-state index in [1.807, 2.05) is 85.6 Å². The van der Waals surface area contributed by atoms with Crippen LogP contribution in [0.15, 0.2) is 83.8 Å². The third-order valence-electron chi connectivity index (χ3n) is 4.51. The molecule has 0 radical (unpaired) electrons. The van der Waals surface area contributed by atoms with Gasteiger partial charge in [-0.15, -0.1) is 0 Å². The number of fused-ring (bicyclic) bond motifs is 1. The first-order valence-corrected chi connectivity index (χ1v) is 9.12. The topological polar surface area (TPSA) is 46.8 Å². The monoisotopic (exact) mass is 371 g/mol. The van der Waals surface area contributed by atoms with Gasteiger partial charge in [-0.3, -0.25) is 9.20 Å². The summed E-state index contributed by atoms with van der Waals surface area (Å²) in [5.74, 6) is 1.53. The minimum Gasteiger partial charge on any atom is -0.455 e. The fourth-order valence-corrected chi connectivity index (χ4v) is 3.14. The van der Waals surface area contributed by atoms with Crippen molar-refractivity contribution in [2.75, 3.05) is 11.9 Å². The lowest BCUT2D eigenvalue weighted by Crippen LogP contribution is -2.22. The summed E-state index contributed by atoms with van der Waals surface area (Å²) < 4.78 is 7.62. The fraction of sp³-hybridized carbons (Fsp3) is 0.130. The number of anilines is 1. The summed E-state index contributed by atoms with van der Waals surface area (Å²) in [6.45, 7) is 2.45. The highest BCUT2D eigenvalue weighted by molar-refractivity contribution is 5.59. The molecule has 0 atom stereocenters. The summed E-state index contributed by atoms with van der Waals surface area (Å²) in [5, 5.41) is 0. The molecule has 2 aromatic heterocycles. The molecule has 4 aromatic rings. The van der Waals surface area contributed by atoms with Crippen molar-refractivity contribution < 1.29 is 4.74 Å². The van der Waals surface area contributed by atoms with E-state index >= 15 is 0 Å². The number of aryl methyl sites for hydroxylation is 1. The van der Waals surface area contributed by atoms with Crippen molar-refractivity contribution in [1.29, 1.82) is 0 Å². The normalized spacial score (nSPS) is 10.8. The Kier molecular flexibility index (Phi) is 4.81. The smallest absolute Gasteiger partial charge is 0.258 e. The van der Waals surface area contributed by atoms with E-state index in [0.29, 0.717) is 17.9 Å². The second kappa shape index (κ2) is 7.56. The molecule has 0 aliphatic heterocycles. The van der Waals surface area contributed by atoms with Gasteiger partial charge in [0.1, 0.15) is 11.4 Å². The quantitative estimate of drug-likeness (QED) is 0.521. The molecule has 0 spiro atoms. The number of hydrogen-bond donors (Lipinski definition) is 0. The van der Waals surface area contributed by atoms with Crippen LogP contribution in [0.2, 0.25) is 0 Å². The molecule has 0 fully saturated rings. The van der Waals surface area contributed by atoms with Crippen molar-refractivity contribution in [3.05, 3.63) is 101 Å². The van der Waals surface area contributed by atoms with Crippen LogP contribution in [0.5, 0.6) is 11.5 Å². The lowest BCUT2D eigenvalue weighted by molar-refractivity contribution is 0.482. The minimum absolute atomic E-state index is 0.0779. The van der Waals surface area contributed by atoms with Gasteiger partial charge < -0.3 is 9.64 Å². The maximum absolute atomic E-state index is 12.5. The van der Waals surface area contributed by atoms with E-state index in [-0.39, 0.29) is 5.56 Å². The van der Waals surface area contributed by atoms with Crippen LogP contribution >= 0.6 is 0 Å². The van der Waals surface area contributed by atoms with Gasteiger partial charge in [0.25, 0.3) is 5.56 Å². The van der Waals surface area contributed by atoms with Gasteiger partial charge in [-0.25, -0.2) is 4.98 Å². The third-order valence-corrected chi connectivity index (χ3v) is 4.51. The standard InChI is InChI=1S/C23H21N3O2/c1-17-12-13-22-24-18(14-23(27)26(22)15-17)16-25(2)20-10-6-7-11-21(20)28-19-8-4-3-5-9-19/h3-15H,16H2,1-2H3. The van der Waals surface area contributed by atoms with Crippen LogP contribution in [-0.4, -0.2) is 16.4 Å². The molecule has 0 saturated heterocycles. The molecule has 0 amide bonds. The van der Waals surface area contributed by atoms with Gasteiger partial charge in [0, 0.05) is 19.3 Å². The Morgan fingerprint density at radius 1 is 1.00 bits per heavy atom. The van der Waals surface area contributed by atoms with Crippen molar-refractivity contribution >= 4 is 11.3 Å². The molecule has 0 saturated carbocycles. The molecule has 0 N–H and O–H groups in total. The zero-order chi connectivity index (χ0) is 19.5. The largest absolute Gasteiger partial charge is 0.455 e. The molecule has 0 aliphatic carbocycles. The molecular formula is C23H21N3O2. The van der Waals surface area contributed by atoms with Crippen molar-refractivity contribution in [3.63, 3.8) is 0 Å². The molecule has 2 aromatic carbocycles. The number of ether oxygens (including phenoxy) is 1. The Balaban J connectivity index is 1.62. The molecule has 5 nitrogen and oxygen atoms in total. The van der Waals surface area contributed by atoms with E-state index in [1.54, 1.807) is 16.7 Å². The maximum Gasteiger partial charge on any atom is 0.258 e. The Morgan fingerprint density at radius 3 is 2.57 bits per heavy atom. The van der Waals surface area contributed by atoms with E-state index in [4.69, 9.17) is 4.74 Å². The summed E-state index contributed by atoms with van der Waals surface area (Å²) in [4.78, 5) is 19.1. The first-order chi connectivity index (χ1) is 13.6. The average molecular weight is 371 g/mol. The fourth-order valence-electron chi connectivity index (χ4n) is 3.14. The predicted molar refractivity (Wildman–Crippen MR) is 111 cm³/mol. The Morgan fingerprint density at radius 2 is 1.75 bits per heavy atom. The maximum atomic E-state index is 12.5. The molecule has 0 aliphatic rings. The van der Waals surface area contributed by atoms with Crippen LogP contribution in [0.25, 0.3) is 5.65 Å². The van der Waals surface area contributed by atoms with Crippen molar-refractivity contribution in [2.45, 2.75) is 13.5 Å². The number of benzene rings is 2. The highest BCUT2D eigenvalue weighted by Crippen LogP contribution is 2.32. The number of para-hydroxylation sites is 3. The second-order valence-electron chi connectivity index (χ2n) is 6.76. The highest BCUT2D eigenvalue weighted by Gasteiger charge is 2.11. The first-order valence-electron chi connectivity index (χ1n) is 9.12. The van der Waals surface area contributed by atoms with Gasteiger partial charge in [0.2, 0.25) is 0 Å². The Hall–Kier alpha value is -3.60. The van der Waals surface area contributed by atoms with Crippen molar-refractivity contribution in [1.82, 2.24) is 9.38 Å². The van der Waals surface area contributed by atoms with E-state index in [2.05, 4.69) is 4.98 Å². The van der Waals surface area contributed by atoms with E-state index in [0.717, 1.165) is 22.7 Å². The van der Waals surface area contributed by atoms with Gasteiger partial charge in [0.15, 0.2) is 5.75 Å². The zero-order valence-corrected chi connectivity index (χ0v) is 15.9. The first kappa shape index (κ1) is 17.8. The Labute approximate surface area is 163 Å². The van der Waals surface area contributed by atoms with E-state index in [1.165, 1.54) is 0 Å². The lowest BCUT2D eigenvalue weighted by atomic mass is 10.2.